The predicted octanol–water partition coefficient (Wildman–Crippen LogP) is 0.531. The number of hydrogen-bond acceptors (Lipinski definition) is 2. The maximum absolute atomic E-state index is 10.4. The van der Waals surface area contributed by atoms with E-state index < -0.39 is 12.0 Å². The molecule has 0 aromatic carbocycles. The van der Waals surface area contributed by atoms with Crippen molar-refractivity contribution in [1.29, 1.82) is 0 Å². The summed E-state index contributed by atoms with van der Waals surface area (Å²) in [5.74, 6) is -0.979. The summed E-state index contributed by atoms with van der Waals surface area (Å²) in [6.07, 6.45) is 8.21. The molecule has 0 saturated heterocycles. The minimum atomic E-state index is -0.935. The molecule has 0 aliphatic heterocycles. The van der Waals surface area contributed by atoms with Crippen LogP contribution in [0.2, 0.25) is 0 Å². The Kier molecular flexibility index (Phi) is 2.44. The topological polar surface area (TPSA) is 63.3 Å². The Hall–Kier alpha value is -1.09. The number of hydrogen-bond donors (Lipinski definition) is 2. The normalized spacial score (nSPS) is 25.0. The molecule has 0 aromatic rings. The number of rotatable bonds is 2. The van der Waals surface area contributed by atoms with E-state index in [2.05, 4.69) is 0 Å². The van der Waals surface area contributed by atoms with Crippen molar-refractivity contribution in [3.8, 4) is 0 Å². The standard InChI is InChI=1S/C8H11NO2/c9-7(8(10)11)6-4-2-1-3-5-6/h1-4,6-7H,5,9H2,(H,10,11)/t6?,7-/m1/s1. The summed E-state index contributed by atoms with van der Waals surface area (Å²) in [5.41, 5.74) is 5.41. The molecule has 3 heteroatoms. The third kappa shape index (κ3) is 1.91. The van der Waals surface area contributed by atoms with Crippen LogP contribution in [-0.2, 0) is 4.79 Å². The maximum Gasteiger partial charge on any atom is 0.321 e. The van der Waals surface area contributed by atoms with E-state index in [4.69, 9.17) is 10.8 Å². The zero-order chi connectivity index (χ0) is 8.27. The summed E-state index contributed by atoms with van der Waals surface area (Å²) < 4.78 is 0. The average molecular weight is 153 g/mol. The fraction of sp³-hybridized carbons (Fsp3) is 0.375. The summed E-state index contributed by atoms with van der Waals surface area (Å²) in [5, 5.41) is 8.55. The van der Waals surface area contributed by atoms with Gasteiger partial charge in [-0.3, -0.25) is 4.79 Å². The van der Waals surface area contributed by atoms with Gasteiger partial charge in [-0.05, 0) is 6.42 Å². The van der Waals surface area contributed by atoms with Gasteiger partial charge in [-0.15, -0.1) is 0 Å². The summed E-state index contributed by atoms with van der Waals surface area (Å²) >= 11 is 0. The minimum Gasteiger partial charge on any atom is -0.480 e. The van der Waals surface area contributed by atoms with Crippen LogP contribution in [0, 0.1) is 5.92 Å². The number of carbonyl (C=O) groups is 1. The van der Waals surface area contributed by atoms with Crippen molar-refractivity contribution < 1.29 is 9.90 Å². The van der Waals surface area contributed by atoms with Crippen molar-refractivity contribution in [2.24, 2.45) is 11.7 Å². The number of nitrogens with two attached hydrogens (primary N) is 1. The van der Waals surface area contributed by atoms with Gasteiger partial charge in [0.15, 0.2) is 0 Å². The molecular formula is C8H11NO2. The molecule has 3 N–H and O–H groups in total. The first-order chi connectivity index (χ1) is 5.22. The number of allylic oxidation sites excluding steroid dienone is 3. The molecular weight excluding hydrogens is 142 g/mol. The zero-order valence-corrected chi connectivity index (χ0v) is 6.10. The lowest BCUT2D eigenvalue weighted by atomic mass is 9.93. The van der Waals surface area contributed by atoms with Crippen molar-refractivity contribution in [2.45, 2.75) is 12.5 Å². The molecule has 60 valence electrons. The quantitative estimate of drug-likeness (QED) is 0.608. The van der Waals surface area contributed by atoms with Gasteiger partial charge in [0.2, 0.25) is 0 Å². The van der Waals surface area contributed by atoms with Crippen LogP contribution in [-0.4, -0.2) is 17.1 Å². The van der Waals surface area contributed by atoms with Gasteiger partial charge in [-0.2, -0.15) is 0 Å². The van der Waals surface area contributed by atoms with Gasteiger partial charge in [-0.25, -0.2) is 0 Å². The molecule has 11 heavy (non-hydrogen) atoms. The second-order valence-corrected chi connectivity index (χ2v) is 2.58. The van der Waals surface area contributed by atoms with E-state index >= 15 is 0 Å². The average Bonchev–Trinajstić information content (AvgIpc) is 2.05. The summed E-state index contributed by atoms with van der Waals surface area (Å²) in [4.78, 5) is 10.4. The Morgan fingerprint density at radius 1 is 1.64 bits per heavy atom. The van der Waals surface area contributed by atoms with Crippen molar-refractivity contribution in [3.05, 3.63) is 24.3 Å². The molecule has 0 aromatic heterocycles. The van der Waals surface area contributed by atoms with E-state index in [9.17, 15) is 4.79 Å². The molecule has 1 rings (SSSR count). The molecule has 0 fully saturated rings. The van der Waals surface area contributed by atoms with E-state index in [1.165, 1.54) is 0 Å². The largest absolute Gasteiger partial charge is 0.480 e. The molecule has 1 aliphatic rings. The highest BCUT2D eigenvalue weighted by molar-refractivity contribution is 5.74. The van der Waals surface area contributed by atoms with Gasteiger partial charge in [0.25, 0.3) is 0 Å². The Bertz CT molecular complexity index is 208. The SMILES string of the molecule is N[C@@H](C(=O)O)C1C=CC=CC1. The van der Waals surface area contributed by atoms with Crippen LogP contribution >= 0.6 is 0 Å². The summed E-state index contributed by atoms with van der Waals surface area (Å²) in [6, 6.07) is -0.767. The Morgan fingerprint density at radius 2 is 2.36 bits per heavy atom. The fourth-order valence-electron chi connectivity index (χ4n) is 1.05. The lowest BCUT2D eigenvalue weighted by Crippen LogP contribution is -2.37. The molecule has 0 radical (unpaired) electrons. The maximum atomic E-state index is 10.4. The Morgan fingerprint density at radius 3 is 2.82 bits per heavy atom. The van der Waals surface area contributed by atoms with Gasteiger partial charge < -0.3 is 10.8 Å². The predicted molar refractivity (Wildman–Crippen MR) is 42.0 cm³/mol. The van der Waals surface area contributed by atoms with Crippen LogP contribution < -0.4 is 5.73 Å². The molecule has 1 aliphatic carbocycles. The van der Waals surface area contributed by atoms with Crippen molar-refractivity contribution in [2.75, 3.05) is 0 Å². The molecule has 2 atom stereocenters. The third-order valence-corrected chi connectivity index (χ3v) is 1.76. The minimum absolute atomic E-state index is 0.0440. The van der Waals surface area contributed by atoms with Crippen LogP contribution in [0.4, 0.5) is 0 Å². The van der Waals surface area contributed by atoms with Gasteiger partial charge in [-0.1, -0.05) is 24.3 Å². The highest BCUT2D eigenvalue weighted by Crippen LogP contribution is 2.14. The molecule has 0 heterocycles. The van der Waals surface area contributed by atoms with Crippen LogP contribution in [0.5, 0.6) is 0 Å². The lowest BCUT2D eigenvalue weighted by molar-refractivity contribution is -0.139. The smallest absolute Gasteiger partial charge is 0.321 e. The first-order valence-electron chi connectivity index (χ1n) is 3.53. The first kappa shape index (κ1) is 8.01. The van der Waals surface area contributed by atoms with Crippen molar-refractivity contribution in [3.63, 3.8) is 0 Å². The number of carboxylic acids is 1. The van der Waals surface area contributed by atoms with E-state index in [0.717, 1.165) is 6.42 Å². The highest BCUT2D eigenvalue weighted by Gasteiger charge is 2.21. The Labute approximate surface area is 65.2 Å². The fourth-order valence-corrected chi connectivity index (χ4v) is 1.05. The van der Waals surface area contributed by atoms with Gasteiger partial charge in [0.1, 0.15) is 6.04 Å². The molecule has 3 nitrogen and oxygen atoms in total. The second kappa shape index (κ2) is 3.34. The van der Waals surface area contributed by atoms with Crippen molar-refractivity contribution in [1.82, 2.24) is 0 Å². The van der Waals surface area contributed by atoms with E-state index in [1.54, 1.807) is 0 Å². The van der Waals surface area contributed by atoms with E-state index in [-0.39, 0.29) is 5.92 Å². The van der Waals surface area contributed by atoms with Crippen molar-refractivity contribution >= 4 is 5.97 Å². The van der Waals surface area contributed by atoms with E-state index in [0.29, 0.717) is 0 Å². The van der Waals surface area contributed by atoms with Crippen LogP contribution in [0.1, 0.15) is 6.42 Å². The number of carboxylic acid groups (broad SMARTS) is 1. The van der Waals surface area contributed by atoms with Gasteiger partial charge >= 0.3 is 5.97 Å². The van der Waals surface area contributed by atoms with Crippen LogP contribution in [0.25, 0.3) is 0 Å². The highest BCUT2D eigenvalue weighted by atomic mass is 16.4. The molecule has 0 amide bonds. The lowest BCUT2D eigenvalue weighted by Gasteiger charge is -2.16. The zero-order valence-electron chi connectivity index (χ0n) is 6.10. The van der Waals surface area contributed by atoms with E-state index in [1.807, 2.05) is 24.3 Å². The van der Waals surface area contributed by atoms with Crippen LogP contribution in [0.3, 0.4) is 0 Å². The van der Waals surface area contributed by atoms with Gasteiger partial charge in [0, 0.05) is 5.92 Å². The molecule has 0 spiro atoms. The molecule has 0 saturated carbocycles. The molecule has 0 bridgehead atoms. The summed E-state index contributed by atoms with van der Waals surface area (Å²) in [7, 11) is 0. The summed E-state index contributed by atoms with van der Waals surface area (Å²) in [6.45, 7) is 0. The van der Waals surface area contributed by atoms with Gasteiger partial charge in [0.05, 0.1) is 0 Å². The number of aliphatic carboxylic acids is 1. The molecule has 1 unspecified atom stereocenters. The second-order valence-electron chi connectivity index (χ2n) is 2.58. The first-order valence-corrected chi connectivity index (χ1v) is 3.53. The third-order valence-electron chi connectivity index (χ3n) is 1.76. The monoisotopic (exact) mass is 153 g/mol. The Balaban J connectivity index is 2.55. The van der Waals surface area contributed by atoms with Crippen LogP contribution in [0.15, 0.2) is 24.3 Å².